The van der Waals surface area contributed by atoms with Gasteiger partial charge in [0.25, 0.3) is 0 Å². The molecule has 0 aliphatic heterocycles. The molecule has 0 atom stereocenters. The molecule has 2 rings (SSSR count). The number of phenols is 1. The van der Waals surface area contributed by atoms with Crippen molar-refractivity contribution in [2.75, 3.05) is 0 Å². The lowest BCUT2D eigenvalue weighted by Crippen LogP contribution is -1.67. The van der Waals surface area contributed by atoms with Crippen LogP contribution in [0, 0.1) is 6.92 Å². The Morgan fingerprint density at radius 2 is 2.17 bits per heavy atom. The lowest BCUT2D eigenvalue weighted by molar-refractivity contribution is 0.476. The van der Waals surface area contributed by atoms with Gasteiger partial charge in [-0.3, -0.25) is 0 Å². The van der Waals surface area contributed by atoms with Gasteiger partial charge < -0.3 is 5.11 Å². The molecule has 0 saturated carbocycles. The summed E-state index contributed by atoms with van der Waals surface area (Å²) in [4.78, 5) is 4.23. The van der Waals surface area contributed by atoms with E-state index in [0.29, 0.717) is 0 Å². The SMILES string of the molecule is Cc1nc2cc(O)ccc2s1.Cl. The van der Waals surface area contributed by atoms with E-state index in [0.717, 1.165) is 15.2 Å². The summed E-state index contributed by atoms with van der Waals surface area (Å²) in [5, 5.41) is 10.1. The van der Waals surface area contributed by atoms with E-state index in [9.17, 15) is 0 Å². The maximum atomic E-state index is 9.10. The van der Waals surface area contributed by atoms with E-state index in [1.165, 1.54) is 0 Å². The van der Waals surface area contributed by atoms with E-state index in [2.05, 4.69) is 4.98 Å². The molecule has 0 aliphatic rings. The van der Waals surface area contributed by atoms with Crippen LogP contribution in [0.2, 0.25) is 0 Å². The zero-order valence-corrected chi connectivity index (χ0v) is 8.08. The summed E-state index contributed by atoms with van der Waals surface area (Å²) in [6.45, 7) is 1.96. The van der Waals surface area contributed by atoms with Crippen LogP contribution in [-0.4, -0.2) is 10.1 Å². The predicted molar refractivity (Wildman–Crippen MR) is 53.3 cm³/mol. The summed E-state index contributed by atoms with van der Waals surface area (Å²) < 4.78 is 1.13. The van der Waals surface area contributed by atoms with Crippen LogP contribution in [0.25, 0.3) is 10.2 Å². The van der Waals surface area contributed by atoms with E-state index in [4.69, 9.17) is 5.11 Å². The summed E-state index contributed by atoms with van der Waals surface area (Å²) in [5.74, 6) is 0.280. The number of fused-ring (bicyclic) bond motifs is 1. The standard InChI is InChI=1S/C8H7NOS.ClH/c1-5-9-7-4-6(10)2-3-8(7)11-5;/h2-4,10H,1H3;1H. The molecule has 12 heavy (non-hydrogen) atoms. The Morgan fingerprint density at radius 3 is 2.92 bits per heavy atom. The number of hydrogen-bond donors (Lipinski definition) is 1. The van der Waals surface area contributed by atoms with Crippen molar-refractivity contribution in [3.05, 3.63) is 23.2 Å². The normalized spacial score (nSPS) is 9.75. The lowest BCUT2D eigenvalue weighted by atomic mass is 10.3. The Kier molecular flexibility index (Phi) is 2.55. The topological polar surface area (TPSA) is 33.1 Å². The second-order valence-corrected chi connectivity index (χ2v) is 3.62. The Labute approximate surface area is 80.3 Å². The number of aryl methyl sites for hydroxylation is 1. The molecular formula is C8H8ClNOS. The Hall–Kier alpha value is -0.800. The van der Waals surface area contributed by atoms with E-state index in [1.807, 2.05) is 13.0 Å². The zero-order chi connectivity index (χ0) is 7.84. The Bertz CT molecular complexity index is 399. The van der Waals surface area contributed by atoms with Gasteiger partial charge in [0.05, 0.1) is 15.2 Å². The molecule has 2 nitrogen and oxygen atoms in total. The number of nitrogens with zero attached hydrogens (tertiary/aromatic N) is 1. The number of hydrogen-bond acceptors (Lipinski definition) is 3. The third-order valence-corrected chi connectivity index (χ3v) is 2.43. The molecule has 0 radical (unpaired) electrons. The molecule has 0 bridgehead atoms. The average molecular weight is 202 g/mol. The first kappa shape index (κ1) is 9.29. The van der Waals surface area contributed by atoms with E-state index in [-0.39, 0.29) is 18.2 Å². The van der Waals surface area contributed by atoms with Gasteiger partial charge >= 0.3 is 0 Å². The van der Waals surface area contributed by atoms with Gasteiger partial charge in [-0.25, -0.2) is 4.98 Å². The van der Waals surface area contributed by atoms with Gasteiger partial charge in [0, 0.05) is 6.07 Å². The van der Waals surface area contributed by atoms with E-state index in [1.54, 1.807) is 23.5 Å². The van der Waals surface area contributed by atoms with Gasteiger partial charge in [-0.05, 0) is 19.1 Å². The zero-order valence-electron chi connectivity index (χ0n) is 6.44. The minimum absolute atomic E-state index is 0. The minimum Gasteiger partial charge on any atom is -0.508 e. The first-order chi connectivity index (χ1) is 5.25. The van der Waals surface area contributed by atoms with E-state index < -0.39 is 0 Å². The molecule has 0 unspecified atom stereocenters. The summed E-state index contributed by atoms with van der Waals surface area (Å²) in [6.07, 6.45) is 0. The third-order valence-electron chi connectivity index (χ3n) is 1.48. The molecule has 64 valence electrons. The summed E-state index contributed by atoms with van der Waals surface area (Å²) in [6, 6.07) is 5.24. The van der Waals surface area contributed by atoms with Crippen molar-refractivity contribution in [2.45, 2.75) is 6.92 Å². The number of thiazole rings is 1. The van der Waals surface area contributed by atoms with Gasteiger partial charge in [-0.1, -0.05) is 0 Å². The van der Waals surface area contributed by atoms with Crippen molar-refractivity contribution < 1.29 is 5.11 Å². The predicted octanol–water partition coefficient (Wildman–Crippen LogP) is 2.73. The number of aromatic hydroxyl groups is 1. The smallest absolute Gasteiger partial charge is 0.117 e. The summed E-state index contributed by atoms with van der Waals surface area (Å²) in [5.41, 5.74) is 0.882. The molecular weight excluding hydrogens is 194 g/mol. The highest BCUT2D eigenvalue weighted by Crippen LogP contribution is 2.24. The first-order valence-electron chi connectivity index (χ1n) is 3.32. The van der Waals surface area contributed by atoms with Crippen LogP contribution in [0.4, 0.5) is 0 Å². The van der Waals surface area contributed by atoms with Gasteiger partial charge in [-0.2, -0.15) is 0 Å². The largest absolute Gasteiger partial charge is 0.508 e. The number of rotatable bonds is 0. The molecule has 1 aromatic carbocycles. The quantitative estimate of drug-likeness (QED) is 0.711. The minimum atomic E-state index is 0. The first-order valence-corrected chi connectivity index (χ1v) is 4.13. The fraction of sp³-hybridized carbons (Fsp3) is 0.125. The number of benzene rings is 1. The van der Waals surface area contributed by atoms with Crippen LogP contribution in [0.15, 0.2) is 18.2 Å². The van der Waals surface area contributed by atoms with Crippen molar-refractivity contribution in [3.8, 4) is 5.75 Å². The maximum Gasteiger partial charge on any atom is 0.117 e. The number of aromatic nitrogens is 1. The number of phenolic OH excluding ortho intramolecular Hbond substituents is 1. The fourth-order valence-corrected chi connectivity index (χ4v) is 1.84. The van der Waals surface area contributed by atoms with E-state index >= 15 is 0 Å². The monoisotopic (exact) mass is 201 g/mol. The molecule has 0 fully saturated rings. The number of halogens is 1. The van der Waals surface area contributed by atoms with Crippen molar-refractivity contribution in [1.29, 1.82) is 0 Å². The molecule has 0 spiro atoms. The molecule has 4 heteroatoms. The van der Waals surface area contributed by atoms with Crippen molar-refractivity contribution in [1.82, 2.24) is 4.98 Å². The highest BCUT2D eigenvalue weighted by molar-refractivity contribution is 7.18. The molecule has 0 saturated heterocycles. The molecule has 1 N–H and O–H groups in total. The maximum absolute atomic E-state index is 9.10. The Balaban J connectivity index is 0.000000720. The van der Waals surface area contributed by atoms with Crippen LogP contribution >= 0.6 is 23.7 Å². The lowest BCUT2D eigenvalue weighted by Gasteiger charge is -1.87. The highest BCUT2D eigenvalue weighted by atomic mass is 35.5. The van der Waals surface area contributed by atoms with Crippen LogP contribution in [0.1, 0.15) is 5.01 Å². The summed E-state index contributed by atoms with van der Waals surface area (Å²) >= 11 is 1.64. The van der Waals surface area contributed by atoms with Gasteiger partial charge in [-0.15, -0.1) is 23.7 Å². The van der Waals surface area contributed by atoms with Crippen LogP contribution in [-0.2, 0) is 0 Å². The van der Waals surface area contributed by atoms with Gasteiger partial charge in [0.15, 0.2) is 0 Å². The van der Waals surface area contributed by atoms with Crippen molar-refractivity contribution >= 4 is 34.0 Å². The van der Waals surface area contributed by atoms with Crippen LogP contribution in [0.5, 0.6) is 5.75 Å². The van der Waals surface area contributed by atoms with Crippen molar-refractivity contribution in [2.24, 2.45) is 0 Å². The molecule has 1 heterocycles. The average Bonchev–Trinajstić information content (AvgIpc) is 2.27. The second-order valence-electron chi connectivity index (χ2n) is 2.38. The molecule has 0 aliphatic carbocycles. The molecule has 1 aromatic heterocycles. The van der Waals surface area contributed by atoms with Crippen LogP contribution in [0.3, 0.4) is 0 Å². The van der Waals surface area contributed by atoms with Crippen molar-refractivity contribution in [3.63, 3.8) is 0 Å². The fourth-order valence-electron chi connectivity index (χ4n) is 1.03. The molecule has 2 aromatic rings. The molecule has 0 amide bonds. The Morgan fingerprint density at radius 1 is 1.42 bits per heavy atom. The second kappa shape index (κ2) is 3.29. The summed E-state index contributed by atoms with van der Waals surface area (Å²) in [7, 11) is 0. The van der Waals surface area contributed by atoms with Crippen LogP contribution < -0.4 is 0 Å². The highest BCUT2D eigenvalue weighted by Gasteiger charge is 1.99. The third kappa shape index (κ3) is 1.52. The van der Waals surface area contributed by atoms with Gasteiger partial charge in [0.2, 0.25) is 0 Å². The van der Waals surface area contributed by atoms with Gasteiger partial charge in [0.1, 0.15) is 5.75 Å².